The summed E-state index contributed by atoms with van der Waals surface area (Å²) >= 11 is 0. The van der Waals surface area contributed by atoms with Crippen molar-refractivity contribution in [2.24, 2.45) is 5.92 Å². The van der Waals surface area contributed by atoms with Crippen LogP contribution in [0.5, 0.6) is 0 Å². The molecule has 12 heavy (non-hydrogen) atoms. The molecule has 0 heterocycles. The Hall–Kier alpha value is -0.860. The van der Waals surface area contributed by atoms with Crippen molar-refractivity contribution >= 4 is 12.2 Å². The van der Waals surface area contributed by atoms with Crippen LogP contribution in [0.3, 0.4) is 0 Å². The Morgan fingerprint density at radius 2 is 2.08 bits per heavy atom. The Bertz CT molecular complexity index is 168. The van der Waals surface area contributed by atoms with Gasteiger partial charge in [-0.15, -0.1) is 0 Å². The van der Waals surface area contributed by atoms with Crippen LogP contribution in [-0.4, -0.2) is 30.2 Å². The van der Waals surface area contributed by atoms with Crippen molar-refractivity contribution < 1.29 is 9.59 Å². The maximum atomic E-state index is 10.9. The quantitative estimate of drug-likeness (QED) is 0.593. The zero-order valence-corrected chi connectivity index (χ0v) is 8.20. The molecule has 0 aromatic heterocycles. The van der Waals surface area contributed by atoms with Crippen molar-refractivity contribution in [3.05, 3.63) is 0 Å². The van der Waals surface area contributed by atoms with Crippen LogP contribution in [0.4, 0.5) is 0 Å². The van der Waals surface area contributed by atoms with E-state index >= 15 is 0 Å². The first-order valence-corrected chi connectivity index (χ1v) is 4.23. The van der Waals surface area contributed by atoms with Gasteiger partial charge in [-0.25, -0.2) is 0 Å². The van der Waals surface area contributed by atoms with E-state index < -0.39 is 0 Å². The number of amides is 1. The molecule has 0 unspecified atom stereocenters. The highest BCUT2D eigenvalue weighted by molar-refractivity contribution is 5.77. The van der Waals surface area contributed by atoms with Gasteiger partial charge in [0.25, 0.3) is 0 Å². The second-order valence-corrected chi connectivity index (χ2v) is 3.14. The minimum absolute atomic E-state index is 0.0626. The van der Waals surface area contributed by atoms with Gasteiger partial charge >= 0.3 is 0 Å². The maximum absolute atomic E-state index is 10.9. The van der Waals surface area contributed by atoms with Gasteiger partial charge in [-0.2, -0.15) is 0 Å². The van der Waals surface area contributed by atoms with Crippen LogP contribution in [0.1, 0.15) is 27.2 Å². The van der Waals surface area contributed by atoms with E-state index in [1.165, 1.54) is 11.8 Å². The largest absolute Gasteiger partial charge is 0.336 e. The number of carbonyl (C=O) groups excluding carboxylic acids is 2. The molecular weight excluding hydrogens is 154 g/mol. The first-order chi connectivity index (χ1) is 5.54. The molecule has 0 bridgehead atoms. The van der Waals surface area contributed by atoms with Gasteiger partial charge in [0.2, 0.25) is 5.91 Å². The molecule has 2 atom stereocenters. The predicted octanol–water partition coefficient (Wildman–Crippen LogP) is 1.08. The summed E-state index contributed by atoms with van der Waals surface area (Å²) in [6, 6.07) is -0.271. The van der Waals surface area contributed by atoms with Crippen molar-refractivity contribution in [3.8, 4) is 0 Å². The molecule has 0 aliphatic carbocycles. The molecule has 0 N–H and O–H groups in total. The molecule has 0 fully saturated rings. The lowest BCUT2D eigenvalue weighted by atomic mass is 9.99. The number of aldehydes is 1. The van der Waals surface area contributed by atoms with Gasteiger partial charge in [0.15, 0.2) is 0 Å². The van der Waals surface area contributed by atoms with Gasteiger partial charge in [-0.05, 0) is 5.92 Å². The number of nitrogens with zero attached hydrogens (tertiary/aromatic N) is 1. The Balaban J connectivity index is 4.33. The highest BCUT2D eigenvalue weighted by Gasteiger charge is 2.21. The Labute approximate surface area is 73.7 Å². The summed E-state index contributed by atoms with van der Waals surface area (Å²) in [4.78, 5) is 23.1. The van der Waals surface area contributed by atoms with E-state index in [1.807, 2.05) is 13.8 Å². The molecular formula is C9H17NO2. The zero-order chi connectivity index (χ0) is 9.72. The van der Waals surface area contributed by atoms with Crippen molar-refractivity contribution in [1.82, 2.24) is 4.90 Å². The van der Waals surface area contributed by atoms with Gasteiger partial charge in [-0.1, -0.05) is 20.3 Å². The SMILES string of the molecule is CC[C@H](C)[C@@H](C=O)N(C)C(C)=O. The van der Waals surface area contributed by atoms with Crippen LogP contribution in [0.2, 0.25) is 0 Å². The van der Waals surface area contributed by atoms with Crippen LogP contribution < -0.4 is 0 Å². The van der Waals surface area contributed by atoms with Gasteiger partial charge in [0.05, 0.1) is 6.04 Å². The van der Waals surface area contributed by atoms with Crippen LogP contribution >= 0.6 is 0 Å². The van der Waals surface area contributed by atoms with Crippen LogP contribution in [0.15, 0.2) is 0 Å². The van der Waals surface area contributed by atoms with Crippen LogP contribution in [0, 0.1) is 5.92 Å². The number of hydrogen-bond donors (Lipinski definition) is 0. The van der Waals surface area contributed by atoms with Crippen molar-refractivity contribution in [3.63, 3.8) is 0 Å². The molecule has 0 aromatic carbocycles. The van der Waals surface area contributed by atoms with Crippen molar-refractivity contribution in [1.29, 1.82) is 0 Å². The average Bonchev–Trinajstić information content (AvgIpc) is 2.05. The van der Waals surface area contributed by atoms with E-state index in [1.54, 1.807) is 7.05 Å². The van der Waals surface area contributed by atoms with Gasteiger partial charge in [-0.3, -0.25) is 4.79 Å². The highest BCUT2D eigenvalue weighted by Crippen LogP contribution is 2.11. The standard InChI is InChI=1S/C9H17NO2/c1-5-7(2)9(6-11)10(4)8(3)12/h6-7,9H,5H2,1-4H3/t7-,9+/m0/s1. The van der Waals surface area contributed by atoms with E-state index in [4.69, 9.17) is 0 Å². The molecule has 3 heteroatoms. The maximum Gasteiger partial charge on any atom is 0.219 e. The fraction of sp³-hybridized carbons (Fsp3) is 0.778. The lowest BCUT2D eigenvalue weighted by Gasteiger charge is -2.26. The summed E-state index contributed by atoms with van der Waals surface area (Å²) < 4.78 is 0. The fourth-order valence-corrected chi connectivity index (χ4v) is 1.06. The second-order valence-electron chi connectivity index (χ2n) is 3.14. The Morgan fingerprint density at radius 1 is 1.58 bits per heavy atom. The number of hydrogen-bond acceptors (Lipinski definition) is 2. The Kier molecular flexibility index (Phi) is 4.55. The highest BCUT2D eigenvalue weighted by atomic mass is 16.2. The normalized spacial score (nSPS) is 15.0. The summed E-state index contributed by atoms with van der Waals surface area (Å²) in [5.74, 6) is 0.170. The monoisotopic (exact) mass is 171 g/mol. The Morgan fingerprint density at radius 3 is 2.33 bits per heavy atom. The molecule has 0 aromatic rings. The molecule has 1 amide bonds. The van der Waals surface area contributed by atoms with Gasteiger partial charge < -0.3 is 9.69 Å². The summed E-state index contributed by atoms with van der Waals surface area (Å²) in [6.07, 6.45) is 1.75. The predicted molar refractivity (Wildman–Crippen MR) is 47.8 cm³/mol. The van der Waals surface area contributed by atoms with Gasteiger partial charge in [0.1, 0.15) is 6.29 Å². The molecule has 3 nitrogen and oxygen atoms in total. The fourth-order valence-electron chi connectivity index (χ4n) is 1.06. The second kappa shape index (κ2) is 4.91. The third-order valence-electron chi connectivity index (χ3n) is 2.31. The number of carbonyl (C=O) groups is 2. The van der Waals surface area contributed by atoms with Gasteiger partial charge in [0, 0.05) is 14.0 Å². The van der Waals surface area contributed by atoms with E-state index in [-0.39, 0.29) is 17.9 Å². The smallest absolute Gasteiger partial charge is 0.219 e. The summed E-state index contributed by atoms with van der Waals surface area (Å²) in [5, 5.41) is 0. The minimum Gasteiger partial charge on any atom is -0.336 e. The van der Waals surface area contributed by atoms with Crippen molar-refractivity contribution in [2.45, 2.75) is 33.2 Å². The minimum atomic E-state index is -0.271. The van der Waals surface area contributed by atoms with Crippen molar-refractivity contribution in [2.75, 3.05) is 7.05 Å². The van der Waals surface area contributed by atoms with E-state index in [2.05, 4.69) is 0 Å². The third kappa shape index (κ3) is 2.64. The molecule has 0 spiro atoms. The lowest BCUT2D eigenvalue weighted by molar-refractivity contribution is -0.134. The first-order valence-electron chi connectivity index (χ1n) is 4.23. The number of rotatable bonds is 4. The summed E-state index contributed by atoms with van der Waals surface area (Å²) in [6.45, 7) is 5.45. The third-order valence-corrected chi connectivity index (χ3v) is 2.31. The average molecular weight is 171 g/mol. The molecule has 70 valence electrons. The van der Waals surface area contributed by atoms with Crippen LogP contribution in [0.25, 0.3) is 0 Å². The molecule has 0 rings (SSSR count). The van der Waals surface area contributed by atoms with Crippen LogP contribution in [-0.2, 0) is 9.59 Å². The van der Waals surface area contributed by atoms with E-state index in [9.17, 15) is 9.59 Å². The first kappa shape index (κ1) is 11.1. The topological polar surface area (TPSA) is 37.4 Å². The molecule has 0 saturated heterocycles. The molecule has 0 aliphatic heterocycles. The number of likely N-dealkylation sites (N-methyl/N-ethyl adjacent to an activating group) is 1. The van der Waals surface area contributed by atoms with E-state index in [0.717, 1.165) is 12.7 Å². The molecule has 0 radical (unpaired) electrons. The molecule has 0 aliphatic rings. The molecule has 0 saturated carbocycles. The lowest BCUT2D eigenvalue weighted by Crippen LogP contribution is -2.40. The summed E-state index contributed by atoms with van der Waals surface area (Å²) in [5.41, 5.74) is 0. The summed E-state index contributed by atoms with van der Waals surface area (Å²) in [7, 11) is 1.66. The van der Waals surface area contributed by atoms with E-state index in [0.29, 0.717) is 0 Å². The zero-order valence-electron chi connectivity index (χ0n) is 8.20.